The Morgan fingerprint density at radius 2 is 1.78 bits per heavy atom. The van der Waals surface area contributed by atoms with Crippen LogP contribution in [0.4, 0.5) is 0 Å². The Morgan fingerprint density at radius 1 is 1.09 bits per heavy atom. The molecule has 0 aliphatic heterocycles. The van der Waals surface area contributed by atoms with E-state index in [1.54, 1.807) is 13.0 Å². The molecular formula is C19H17NO3. The molecule has 116 valence electrons. The highest BCUT2D eigenvalue weighted by atomic mass is 16.5. The number of nitrogens with zero attached hydrogens (tertiary/aromatic N) is 1. The molecule has 1 atom stereocenters. The molecule has 23 heavy (non-hydrogen) atoms. The van der Waals surface area contributed by atoms with Crippen molar-refractivity contribution in [1.82, 2.24) is 0 Å². The first-order valence-corrected chi connectivity index (χ1v) is 7.16. The van der Waals surface area contributed by atoms with Crippen molar-refractivity contribution in [1.29, 1.82) is 5.26 Å². The maximum Gasteiger partial charge on any atom is 0.304 e. The number of hydrogen-bond acceptors (Lipinski definition) is 4. The smallest absolute Gasteiger partial charge is 0.304 e. The normalized spacial score (nSPS) is 12.1. The first kappa shape index (κ1) is 16.3. The minimum absolute atomic E-state index is 0.481. The number of carbonyl (C=O) groups is 1. The third kappa shape index (κ3) is 5.01. The maximum atomic E-state index is 11.0. The molecule has 2 aromatic rings. The van der Waals surface area contributed by atoms with Gasteiger partial charge in [-0.3, -0.25) is 4.79 Å². The van der Waals surface area contributed by atoms with Crippen LogP contribution in [0, 0.1) is 11.3 Å². The number of rotatable bonds is 5. The Morgan fingerprint density at radius 3 is 2.43 bits per heavy atom. The quantitative estimate of drug-likeness (QED) is 0.771. The van der Waals surface area contributed by atoms with Crippen molar-refractivity contribution in [2.45, 2.75) is 20.0 Å². The van der Waals surface area contributed by atoms with Gasteiger partial charge in [0.05, 0.1) is 0 Å². The Balaban J connectivity index is 2.17. The highest BCUT2D eigenvalue weighted by molar-refractivity contribution is 5.67. The van der Waals surface area contributed by atoms with E-state index in [0.29, 0.717) is 11.3 Å². The highest BCUT2D eigenvalue weighted by Gasteiger charge is 2.12. The van der Waals surface area contributed by atoms with Gasteiger partial charge in [-0.25, -0.2) is 0 Å². The summed E-state index contributed by atoms with van der Waals surface area (Å²) in [4.78, 5) is 11.0. The summed E-state index contributed by atoms with van der Waals surface area (Å²) >= 11 is 0. The molecule has 0 amide bonds. The SMILES string of the molecule is CC(=O)OC(C#N)/C(C)=C/c1cccc(Oc2ccccc2)c1. The van der Waals surface area contributed by atoms with Crippen molar-refractivity contribution in [2.24, 2.45) is 0 Å². The lowest BCUT2D eigenvalue weighted by molar-refractivity contribution is -0.142. The number of hydrogen-bond donors (Lipinski definition) is 0. The predicted octanol–water partition coefficient (Wildman–Crippen LogP) is 4.34. The topological polar surface area (TPSA) is 59.3 Å². The van der Waals surface area contributed by atoms with E-state index in [1.165, 1.54) is 6.92 Å². The van der Waals surface area contributed by atoms with E-state index >= 15 is 0 Å². The van der Waals surface area contributed by atoms with E-state index in [-0.39, 0.29) is 0 Å². The van der Waals surface area contributed by atoms with Gasteiger partial charge in [0.15, 0.2) is 0 Å². The molecule has 4 nitrogen and oxygen atoms in total. The van der Waals surface area contributed by atoms with Crippen molar-refractivity contribution in [3.05, 3.63) is 65.7 Å². The second kappa shape index (κ2) is 7.81. The summed E-state index contributed by atoms with van der Waals surface area (Å²) in [5.74, 6) is 0.962. The van der Waals surface area contributed by atoms with Gasteiger partial charge < -0.3 is 9.47 Å². The first-order chi connectivity index (χ1) is 11.1. The van der Waals surface area contributed by atoms with Crippen molar-refractivity contribution < 1.29 is 14.3 Å². The highest BCUT2D eigenvalue weighted by Crippen LogP contribution is 2.23. The molecule has 2 aromatic carbocycles. The van der Waals surface area contributed by atoms with Gasteiger partial charge in [-0.15, -0.1) is 0 Å². The molecule has 0 aromatic heterocycles. The molecule has 0 radical (unpaired) electrons. The number of ether oxygens (including phenoxy) is 2. The Bertz CT molecular complexity index is 745. The lowest BCUT2D eigenvalue weighted by Gasteiger charge is -2.10. The van der Waals surface area contributed by atoms with Crippen molar-refractivity contribution in [3.8, 4) is 17.6 Å². The minimum Gasteiger partial charge on any atom is -0.457 e. The van der Waals surface area contributed by atoms with Crippen molar-refractivity contribution >= 4 is 12.0 Å². The average Bonchev–Trinajstić information content (AvgIpc) is 2.53. The molecule has 1 unspecified atom stereocenters. The zero-order valence-corrected chi connectivity index (χ0v) is 13.0. The van der Waals surface area contributed by atoms with Crippen molar-refractivity contribution in [2.75, 3.05) is 0 Å². The van der Waals surface area contributed by atoms with Gasteiger partial charge in [0.25, 0.3) is 0 Å². The van der Waals surface area contributed by atoms with E-state index in [4.69, 9.17) is 14.7 Å². The minimum atomic E-state index is -0.883. The summed E-state index contributed by atoms with van der Waals surface area (Å²) in [7, 11) is 0. The summed E-state index contributed by atoms with van der Waals surface area (Å²) in [6.07, 6.45) is 0.917. The average molecular weight is 307 g/mol. The Kier molecular flexibility index (Phi) is 5.54. The maximum absolute atomic E-state index is 11.0. The molecule has 2 rings (SSSR count). The van der Waals surface area contributed by atoms with E-state index in [0.717, 1.165) is 11.3 Å². The van der Waals surface area contributed by atoms with Gasteiger partial charge in [0.2, 0.25) is 6.10 Å². The molecule has 0 spiro atoms. The van der Waals surface area contributed by atoms with Crippen molar-refractivity contribution in [3.63, 3.8) is 0 Å². The summed E-state index contributed by atoms with van der Waals surface area (Å²) in [6.45, 7) is 3.04. The summed E-state index contributed by atoms with van der Waals surface area (Å²) in [6, 6.07) is 18.9. The van der Waals surface area contributed by atoms with Gasteiger partial charge in [-0.05, 0) is 42.3 Å². The van der Waals surface area contributed by atoms with Gasteiger partial charge in [-0.1, -0.05) is 36.4 Å². The number of carbonyl (C=O) groups excluding carboxylic acids is 1. The third-order valence-corrected chi connectivity index (χ3v) is 3.05. The molecule has 0 fully saturated rings. The van der Waals surface area contributed by atoms with Crippen LogP contribution in [-0.2, 0) is 9.53 Å². The van der Waals surface area contributed by atoms with Gasteiger partial charge in [0, 0.05) is 6.92 Å². The van der Waals surface area contributed by atoms with Crippen LogP contribution in [0.3, 0.4) is 0 Å². The van der Waals surface area contributed by atoms with Crippen LogP contribution in [0.2, 0.25) is 0 Å². The van der Waals surface area contributed by atoms with Crippen LogP contribution in [0.5, 0.6) is 11.5 Å². The van der Waals surface area contributed by atoms with E-state index in [2.05, 4.69) is 0 Å². The van der Waals surface area contributed by atoms with Crippen LogP contribution in [0.1, 0.15) is 19.4 Å². The fourth-order valence-corrected chi connectivity index (χ4v) is 2.02. The number of para-hydroxylation sites is 1. The standard InChI is InChI=1S/C19H17NO3/c1-14(19(13-20)22-15(2)21)11-16-7-6-10-18(12-16)23-17-8-4-3-5-9-17/h3-12,19H,1-2H3/b14-11+. The Hall–Kier alpha value is -3.06. The molecule has 4 heteroatoms. The molecule has 0 N–H and O–H groups in total. The molecule has 0 saturated heterocycles. The summed E-state index contributed by atoms with van der Waals surface area (Å²) in [5.41, 5.74) is 1.52. The van der Waals surface area contributed by atoms with E-state index in [1.807, 2.05) is 60.7 Å². The largest absolute Gasteiger partial charge is 0.457 e. The number of benzene rings is 2. The van der Waals surface area contributed by atoms with Gasteiger partial charge >= 0.3 is 5.97 Å². The zero-order chi connectivity index (χ0) is 16.7. The molecule has 0 saturated carbocycles. The molecular weight excluding hydrogens is 290 g/mol. The van der Waals surface area contributed by atoms with Crippen LogP contribution < -0.4 is 4.74 Å². The van der Waals surface area contributed by atoms with Crippen LogP contribution in [0.25, 0.3) is 6.08 Å². The van der Waals surface area contributed by atoms with Gasteiger partial charge in [-0.2, -0.15) is 5.26 Å². The lowest BCUT2D eigenvalue weighted by Crippen LogP contribution is -2.15. The monoisotopic (exact) mass is 307 g/mol. The first-order valence-electron chi connectivity index (χ1n) is 7.16. The summed E-state index contributed by atoms with van der Waals surface area (Å²) < 4.78 is 10.7. The molecule has 0 heterocycles. The van der Waals surface area contributed by atoms with Gasteiger partial charge in [0.1, 0.15) is 17.6 Å². The number of nitriles is 1. The fraction of sp³-hybridized carbons (Fsp3) is 0.158. The van der Waals surface area contributed by atoms with E-state index < -0.39 is 12.1 Å². The van der Waals surface area contributed by atoms with Crippen LogP contribution >= 0.6 is 0 Å². The molecule has 0 bridgehead atoms. The second-order valence-corrected chi connectivity index (χ2v) is 4.99. The van der Waals surface area contributed by atoms with Crippen LogP contribution in [-0.4, -0.2) is 12.1 Å². The third-order valence-electron chi connectivity index (χ3n) is 3.05. The predicted molar refractivity (Wildman–Crippen MR) is 87.8 cm³/mol. The van der Waals surface area contributed by atoms with Crippen LogP contribution in [0.15, 0.2) is 60.2 Å². The second-order valence-electron chi connectivity index (χ2n) is 4.99. The fourth-order valence-electron chi connectivity index (χ4n) is 2.02. The zero-order valence-electron chi connectivity index (χ0n) is 13.0. The molecule has 0 aliphatic rings. The van der Waals surface area contributed by atoms with E-state index in [9.17, 15) is 4.79 Å². The Labute approximate surface area is 135 Å². The number of esters is 1. The molecule has 0 aliphatic carbocycles. The summed E-state index contributed by atoms with van der Waals surface area (Å²) in [5, 5.41) is 9.08. The lowest BCUT2D eigenvalue weighted by atomic mass is 10.1.